The normalized spacial score (nSPS) is 13.0. The van der Waals surface area contributed by atoms with Crippen molar-refractivity contribution in [1.82, 2.24) is 0 Å². The zero-order valence-corrected chi connectivity index (χ0v) is 8.18. The first kappa shape index (κ1) is 11.2. The lowest BCUT2D eigenvalue weighted by Crippen LogP contribution is -2.15. The first-order valence-electron chi connectivity index (χ1n) is 3.58. The number of rotatable bonds is 3. The van der Waals surface area contributed by atoms with Gasteiger partial charge in [-0.2, -0.15) is 0 Å². The van der Waals surface area contributed by atoms with Crippen LogP contribution in [0.4, 0.5) is 0 Å². The minimum atomic E-state index is -0.507. The lowest BCUT2D eigenvalue weighted by molar-refractivity contribution is -0.132. The van der Waals surface area contributed by atoms with Crippen molar-refractivity contribution in [2.75, 3.05) is 14.2 Å². The summed E-state index contributed by atoms with van der Waals surface area (Å²) < 4.78 is 4.48. The topological polar surface area (TPSA) is 38.7 Å². The molecule has 0 N–H and O–H groups in total. The smallest absolute Gasteiger partial charge is 0.357 e. The van der Waals surface area contributed by atoms with Gasteiger partial charge in [0.2, 0.25) is 0 Å². The van der Waals surface area contributed by atoms with Crippen LogP contribution in [0.15, 0.2) is 16.1 Å². The van der Waals surface area contributed by atoms with Crippen molar-refractivity contribution >= 4 is 23.3 Å². The van der Waals surface area contributed by atoms with Gasteiger partial charge in [0.05, 0.1) is 12.1 Å². The molecule has 0 radical (unpaired) electrons. The lowest BCUT2D eigenvalue weighted by atomic mass is 10.3. The second-order valence-corrected chi connectivity index (χ2v) is 2.43. The largest absolute Gasteiger partial charge is 0.464 e. The Morgan fingerprint density at radius 2 is 2.25 bits per heavy atom. The Morgan fingerprint density at radius 3 is 2.58 bits per heavy atom. The highest BCUT2D eigenvalue weighted by molar-refractivity contribution is 6.58. The first-order chi connectivity index (χ1) is 5.67. The highest BCUT2D eigenvalue weighted by Crippen LogP contribution is 2.06. The summed E-state index contributed by atoms with van der Waals surface area (Å²) in [6, 6.07) is 0. The summed E-state index contributed by atoms with van der Waals surface area (Å²) in [4.78, 5) is 14.7. The third kappa shape index (κ3) is 3.05. The van der Waals surface area contributed by atoms with Crippen LogP contribution in [0, 0.1) is 0 Å². The van der Waals surface area contributed by atoms with Gasteiger partial charge in [0.25, 0.3) is 0 Å². The molecule has 0 saturated heterocycles. The van der Waals surface area contributed by atoms with Gasteiger partial charge in [-0.3, -0.25) is 4.99 Å². The van der Waals surface area contributed by atoms with Crippen LogP contribution in [0.5, 0.6) is 0 Å². The molecule has 0 aromatic heterocycles. The minimum Gasteiger partial charge on any atom is -0.464 e. The predicted molar refractivity (Wildman–Crippen MR) is 49.6 cm³/mol. The number of allylic oxidation sites excluding steroid dienone is 1. The molecule has 3 nitrogen and oxygen atoms in total. The lowest BCUT2D eigenvalue weighted by Gasteiger charge is -2.00. The zero-order valence-electron chi connectivity index (χ0n) is 7.43. The Bertz CT molecular complexity index is 221. The molecule has 0 bridgehead atoms. The van der Waals surface area contributed by atoms with E-state index in [1.165, 1.54) is 14.2 Å². The molecule has 0 spiro atoms. The van der Waals surface area contributed by atoms with Crippen molar-refractivity contribution in [3.63, 3.8) is 0 Å². The maximum Gasteiger partial charge on any atom is 0.357 e. The highest BCUT2D eigenvalue weighted by Gasteiger charge is 2.13. The van der Waals surface area contributed by atoms with Gasteiger partial charge in [-0.1, -0.05) is 24.6 Å². The fourth-order valence-corrected chi connectivity index (χ4v) is 0.984. The molecule has 0 unspecified atom stereocenters. The van der Waals surface area contributed by atoms with Crippen LogP contribution < -0.4 is 0 Å². The van der Waals surface area contributed by atoms with E-state index < -0.39 is 5.97 Å². The number of carbonyl (C=O) groups is 1. The summed E-state index contributed by atoms with van der Waals surface area (Å²) in [6.45, 7) is 1.92. The second kappa shape index (κ2) is 5.77. The highest BCUT2D eigenvalue weighted by atomic mass is 35.5. The Kier molecular flexibility index (Phi) is 5.37. The monoisotopic (exact) mass is 189 g/mol. The number of halogens is 1. The minimum absolute atomic E-state index is 0.168. The van der Waals surface area contributed by atoms with Crippen LogP contribution in [-0.4, -0.2) is 25.8 Å². The molecule has 0 amide bonds. The molecule has 0 aromatic rings. The van der Waals surface area contributed by atoms with Gasteiger partial charge < -0.3 is 4.74 Å². The summed E-state index contributed by atoms with van der Waals surface area (Å²) in [5, 5.41) is 0.340. The molecule has 4 heteroatoms. The van der Waals surface area contributed by atoms with Crippen molar-refractivity contribution in [1.29, 1.82) is 0 Å². The Hall–Kier alpha value is -0.830. The molecular weight excluding hydrogens is 178 g/mol. The van der Waals surface area contributed by atoms with Gasteiger partial charge in [-0.15, -0.1) is 0 Å². The summed E-state index contributed by atoms with van der Waals surface area (Å²) in [7, 11) is 2.79. The average molecular weight is 190 g/mol. The number of carbonyl (C=O) groups excluding carboxylic acids is 1. The Labute approximate surface area is 77.1 Å². The van der Waals surface area contributed by atoms with Crippen molar-refractivity contribution in [3.8, 4) is 0 Å². The molecule has 0 aliphatic carbocycles. The van der Waals surface area contributed by atoms with Crippen molar-refractivity contribution in [2.45, 2.75) is 13.3 Å². The third-order valence-corrected chi connectivity index (χ3v) is 1.55. The van der Waals surface area contributed by atoms with E-state index in [1.54, 1.807) is 6.08 Å². The van der Waals surface area contributed by atoms with E-state index in [2.05, 4.69) is 9.73 Å². The number of aliphatic imine (C=N–C) groups is 1. The molecule has 0 rings (SSSR count). The second-order valence-electron chi connectivity index (χ2n) is 2.02. The number of ether oxygens (including phenoxy) is 1. The van der Waals surface area contributed by atoms with Crippen LogP contribution in [0.3, 0.4) is 0 Å². The van der Waals surface area contributed by atoms with Crippen LogP contribution >= 0.6 is 11.6 Å². The molecule has 0 aliphatic heterocycles. The van der Waals surface area contributed by atoms with Crippen molar-refractivity contribution < 1.29 is 9.53 Å². The fourth-order valence-electron chi connectivity index (χ4n) is 0.668. The van der Waals surface area contributed by atoms with E-state index in [9.17, 15) is 4.79 Å². The van der Waals surface area contributed by atoms with E-state index in [4.69, 9.17) is 11.6 Å². The van der Waals surface area contributed by atoms with E-state index in [0.717, 1.165) is 6.42 Å². The third-order valence-electron chi connectivity index (χ3n) is 1.21. The van der Waals surface area contributed by atoms with Gasteiger partial charge in [0.15, 0.2) is 5.71 Å². The molecule has 0 saturated carbocycles. The molecule has 0 heterocycles. The van der Waals surface area contributed by atoms with Crippen molar-refractivity contribution in [3.05, 3.63) is 11.1 Å². The zero-order chi connectivity index (χ0) is 9.56. The molecule has 0 atom stereocenters. The van der Waals surface area contributed by atoms with Gasteiger partial charge in [0, 0.05) is 7.05 Å². The van der Waals surface area contributed by atoms with Gasteiger partial charge in [0.1, 0.15) is 0 Å². The summed E-state index contributed by atoms with van der Waals surface area (Å²) in [5.74, 6) is -0.507. The van der Waals surface area contributed by atoms with Crippen LogP contribution in [0.25, 0.3) is 0 Å². The Morgan fingerprint density at radius 1 is 1.67 bits per heavy atom. The summed E-state index contributed by atoms with van der Waals surface area (Å²) in [5.41, 5.74) is 0.168. The summed E-state index contributed by atoms with van der Waals surface area (Å²) in [6.07, 6.45) is 2.47. The van der Waals surface area contributed by atoms with Gasteiger partial charge in [-0.25, -0.2) is 4.79 Å². The van der Waals surface area contributed by atoms with Crippen LogP contribution in [0.1, 0.15) is 13.3 Å². The fraction of sp³-hybridized carbons (Fsp3) is 0.500. The molecule has 68 valence electrons. The van der Waals surface area contributed by atoms with E-state index in [-0.39, 0.29) is 5.71 Å². The average Bonchev–Trinajstić information content (AvgIpc) is 2.06. The van der Waals surface area contributed by atoms with Crippen molar-refractivity contribution in [2.24, 2.45) is 4.99 Å². The SMILES string of the molecule is CC/C=C(/Cl)C(=NC)C(=O)OC. The number of esters is 1. The Balaban J connectivity index is 4.59. The number of hydrogen-bond donors (Lipinski definition) is 0. The summed E-state index contributed by atoms with van der Waals surface area (Å²) >= 11 is 5.75. The molecule has 0 aromatic carbocycles. The predicted octanol–water partition coefficient (Wildman–Crippen LogP) is 1.76. The van der Waals surface area contributed by atoms with E-state index in [1.807, 2.05) is 6.92 Å². The number of methoxy groups -OCH3 is 1. The molecular formula is C8H12ClNO2. The number of nitrogens with zero attached hydrogens (tertiary/aromatic N) is 1. The maximum absolute atomic E-state index is 11.0. The maximum atomic E-state index is 11.0. The molecule has 0 aliphatic rings. The van der Waals surface area contributed by atoms with Gasteiger partial charge in [-0.05, 0) is 6.42 Å². The van der Waals surface area contributed by atoms with E-state index >= 15 is 0 Å². The first-order valence-corrected chi connectivity index (χ1v) is 3.96. The van der Waals surface area contributed by atoms with E-state index in [0.29, 0.717) is 5.03 Å². The molecule has 12 heavy (non-hydrogen) atoms. The standard InChI is InChI=1S/C8H12ClNO2/c1-4-5-6(9)7(10-2)8(11)12-3/h5H,4H2,1-3H3/b6-5+,10-7?. The quantitative estimate of drug-likeness (QED) is 0.501. The van der Waals surface area contributed by atoms with Crippen LogP contribution in [-0.2, 0) is 9.53 Å². The van der Waals surface area contributed by atoms with Gasteiger partial charge >= 0.3 is 5.97 Å². The molecule has 0 fully saturated rings. The van der Waals surface area contributed by atoms with Crippen LogP contribution in [0.2, 0.25) is 0 Å². The number of hydrogen-bond acceptors (Lipinski definition) is 3.